The van der Waals surface area contributed by atoms with Crippen LogP contribution in [0.4, 0.5) is 0 Å². The smallest absolute Gasteiger partial charge is 0.242 e. The van der Waals surface area contributed by atoms with Crippen LogP contribution in [0.2, 0.25) is 0 Å². The van der Waals surface area contributed by atoms with Crippen LogP contribution in [0.1, 0.15) is 32.3 Å². The van der Waals surface area contributed by atoms with E-state index >= 15 is 0 Å². The van der Waals surface area contributed by atoms with Crippen molar-refractivity contribution in [3.8, 4) is 11.8 Å². The number of sulfonamides is 1. The summed E-state index contributed by atoms with van der Waals surface area (Å²) in [6.07, 6.45) is 1.05. The third-order valence-corrected chi connectivity index (χ3v) is 4.25. The molecule has 4 nitrogen and oxygen atoms in total. The third-order valence-electron chi connectivity index (χ3n) is 2.61. The Morgan fingerprint density at radius 2 is 2.05 bits per heavy atom. The first-order valence-corrected chi connectivity index (χ1v) is 7.70. The zero-order valence-electron chi connectivity index (χ0n) is 11.2. The van der Waals surface area contributed by atoms with E-state index in [4.69, 9.17) is 5.11 Å². The molecule has 0 radical (unpaired) electrons. The van der Waals surface area contributed by atoms with Crippen molar-refractivity contribution >= 4 is 10.0 Å². The van der Waals surface area contributed by atoms with Gasteiger partial charge in [-0.1, -0.05) is 30.9 Å². The highest BCUT2D eigenvalue weighted by Gasteiger charge is 2.19. The first-order chi connectivity index (χ1) is 9.01. The standard InChI is InChI=1S/C14H19NO3S/c1-3-12(2)15-19(17,18)14-10-5-4-8-13(14)9-6-7-11-16/h4-5,8,10,12,15-16H,3,7,11H2,1-2H3. The summed E-state index contributed by atoms with van der Waals surface area (Å²) in [7, 11) is -3.55. The number of aliphatic hydroxyl groups excluding tert-OH is 1. The largest absolute Gasteiger partial charge is 0.395 e. The molecule has 0 amide bonds. The quantitative estimate of drug-likeness (QED) is 0.804. The summed E-state index contributed by atoms with van der Waals surface area (Å²) in [5, 5.41) is 8.69. The van der Waals surface area contributed by atoms with Crippen LogP contribution in [0.25, 0.3) is 0 Å². The summed E-state index contributed by atoms with van der Waals surface area (Å²) in [5.74, 6) is 5.52. The average Bonchev–Trinajstić information content (AvgIpc) is 2.39. The van der Waals surface area contributed by atoms with E-state index in [0.29, 0.717) is 12.0 Å². The van der Waals surface area contributed by atoms with Crippen LogP contribution in [0.5, 0.6) is 0 Å². The van der Waals surface area contributed by atoms with Crippen molar-refractivity contribution in [2.24, 2.45) is 0 Å². The molecule has 1 unspecified atom stereocenters. The number of nitrogens with one attached hydrogen (secondary N) is 1. The van der Waals surface area contributed by atoms with Gasteiger partial charge in [-0.25, -0.2) is 13.1 Å². The van der Waals surface area contributed by atoms with Gasteiger partial charge in [0, 0.05) is 18.0 Å². The Morgan fingerprint density at radius 1 is 1.37 bits per heavy atom. The Morgan fingerprint density at radius 3 is 2.68 bits per heavy atom. The highest BCUT2D eigenvalue weighted by molar-refractivity contribution is 7.89. The fraction of sp³-hybridized carbons (Fsp3) is 0.429. The summed E-state index contributed by atoms with van der Waals surface area (Å²) in [5.41, 5.74) is 0.451. The van der Waals surface area contributed by atoms with Crippen LogP contribution < -0.4 is 4.72 Å². The normalized spacial score (nSPS) is 12.6. The van der Waals surface area contributed by atoms with Gasteiger partial charge in [0.05, 0.1) is 11.5 Å². The minimum Gasteiger partial charge on any atom is -0.395 e. The fourth-order valence-electron chi connectivity index (χ4n) is 1.43. The molecule has 0 aliphatic heterocycles. The van der Waals surface area contributed by atoms with Crippen molar-refractivity contribution in [1.29, 1.82) is 0 Å². The number of aliphatic hydroxyl groups is 1. The zero-order valence-corrected chi connectivity index (χ0v) is 12.0. The molecule has 0 aromatic heterocycles. The summed E-state index contributed by atoms with van der Waals surface area (Å²) >= 11 is 0. The topological polar surface area (TPSA) is 66.4 Å². The average molecular weight is 281 g/mol. The van der Waals surface area contributed by atoms with Crippen LogP contribution >= 0.6 is 0 Å². The molecule has 0 saturated carbocycles. The lowest BCUT2D eigenvalue weighted by Crippen LogP contribution is -2.32. The molecule has 1 atom stereocenters. The van der Waals surface area contributed by atoms with Gasteiger partial charge >= 0.3 is 0 Å². The Labute approximate surface area is 114 Å². The number of rotatable bonds is 5. The maximum absolute atomic E-state index is 12.2. The van der Waals surface area contributed by atoms with Crippen molar-refractivity contribution in [3.05, 3.63) is 29.8 Å². The maximum atomic E-state index is 12.2. The lowest BCUT2D eigenvalue weighted by molar-refractivity contribution is 0.305. The molecule has 0 spiro atoms. The van der Waals surface area contributed by atoms with Crippen LogP contribution in [0.15, 0.2) is 29.2 Å². The molecule has 19 heavy (non-hydrogen) atoms. The Hall–Kier alpha value is -1.35. The minimum atomic E-state index is -3.55. The van der Waals surface area contributed by atoms with Gasteiger partial charge in [0.2, 0.25) is 10.0 Å². The lowest BCUT2D eigenvalue weighted by Gasteiger charge is -2.13. The van der Waals surface area contributed by atoms with Crippen molar-refractivity contribution in [2.45, 2.75) is 37.6 Å². The summed E-state index contributed by atoms with van der Waals surface area (Å²) in [6.45, 7) is 3.70. The number of hydrogen-bond donors (Lipinski definition) is 2. The molecule has 0 saturated heterocycles. The van der Waals surface area contributed by atoms with Crippen molar-refractivity contribution in [2.75, 3.05) is 6.61 Å². The van der Waals surface area contributed by atoms with E-state index in [9.17, 15) is 8.42 Å². The molecule has 0 bridgehead atoms. The van der Waals surface area contributed by atoms with E-state index in [2.05, 4.69) is 16.6 Å². The second kappa shape index (κ2) is 7.29. The molecule has 5 heteroatoms. The molecule has 0 aliphatic rings. The number of hydrogen-bond acceptors (Lipinski definition) is 3. The van der Waals surface area contributed by atoms with E-state index in [-0.39, 0.29) is 17.5 Å². The molecule has 2 N–H and O–H groups in total. The molecule has 1 rings (SSSR count). The predicted molar refractivity (Wildman–Crippen MR) is 75.1 cm³/mol. The molecule has 104 valence electrons. The summed E-state index contributed by atoms with van der Waals surface area (Å²) in [6, 6.07) is 6.49. The second-order valence-electron chi connectivity index (χ2n) is 4.20. The fourth-order valence-corrected chi connectivity index (χ4v) is 2.92. The van der Waals surface area contributed by atoms with E-state index in [0.717, 1.165) is 6.42 Å². The van der Waals surface area contributed by atoms with E-state index in [1.54, 1.807) is 18.2 Å². The first-order valence-electron chi connectivity index (χ1n) is 6.22. The van der Waals surface area contributed by atoms with Gasteiger partial charge in [-0.05, 0) is 25.5 Å². The van der Waals surface area contributed by atoms with Gasteiger partial charge in [0.1, 0.15) is 0 Å². The first kappa shape index (κ1) is 15.7. The Balaban J connectivity index is 3.10. The van der Waals surface area contributed by atoms with Crippen molar-refractivity contribution < 1.29 is 13.5 Å². The van der Waals surface area contributed by atoms with Crippen LogP contribution in [0.3, 0.4) is 0 Å². The van der Waals surface area contributed by atoms with Gasteiger partial charge < -0.3 is 5.11 Å². The van der Waals surface area contributed by atoms with Crippen LogP contribution in [0, 0.1) is 11.8 Å². The molecular weight excluding hydrogens is 262 g/mol. The van der Waals surface area contributed by atoms with Gasteiger partial charge in [0.15, 0.2) is 0 Å². The lowest BCUT2D eigenvalue weighted by atomic mass is 10.2. The molecule has 0 aliphatic carbocycles. The van der Waals surface area contributed by atoms with Crippen LogP contribution in [-0.4, -0.2) is 26.2 Å². The Kier molecular flexibility index (Phi) is 6.03. The van der Waals surface area contributed by atoms with Gasteiger partial charge in [-0.2, -0.15) is 0 Å². The molecule has 1 aromatic rings. The SMILES string of the molecule is CCC(C)NS(=O)(=O)c1ccccc1C#CCCO. The minimum absolute atomic E-state index is 0.0347. The monoisotopic (exact) mass is 281 g/mol. The zero-order chi connectivity index (χ0) is 14.3. The maximum Gasteiger partial charge on any atom is 0.242 e. The van der Waals surface area contributed by atoms with Crippen molar-refractivity contribution in [3.63, 3.8) is 0 Å². The summed E-state index contributed by atoms with van der Waals surface area (Å²) in [4.78, 5) is 0.181. The second-order valence-corrected chi connectivity index (χ2v) is 5.88. The number of benzene rings is 1. The molecular formula is C14H19NO3S. The van der Waals surface area contributed by atoms with Gasteiger partial charge in [-0.15, -0.1) is 0 Å². The Bertz CT molecular complexity index is 570. The summed E-state index contributed by atoms with van der Waals surface area (Å²) < 4.78 is 27.1. The van der Waals surface area contributed by atoms with E-state index in [1.807, 2.05) is 13.8 Å². The molecule has 0 heterocycles. The van der Waals surface area contributed by atoms with Gasteiger partial charge in [0.25, 0.3) is 0 Å². The predicted octanol–water partition coefficient (Wildman–Crippen LogP) is 1.50. The highest BCUT2D eigenvalue weighted by atomic mass is 32.2. The van der Waals surface area contributed by atoms with E-state index in [1.165, 1.54) is 6.07 Å². The third kappa shape index (κ3) is 4.67. The molecule has 0 fully saturated rings. The van der Waals surface area contributed by atoms with Gasteiger partial charge in [-0.3, -0.25) is 0 Å². The molecule has 1 aromatic carbocycles. The van der Waals surface area contributed by atoms with Crippen molar-refractivity contribution in [1.82, 2.24) is 4.72 Å². The van der Waals surface area contributed by atoms with E-state index < -0.39 is 10.0 Å². The highest BCUT2D eigenvalue weighted by Crippen LogP contribution is 2.15. The van der Waals surface area contributed by atoms with Crippen LogP contribution in [-0.2, 0) is 10.0 Å².